The van der Waals surface area contributed by atoms with Crippen LogP contribution in [0.3, 0.4) is 0 Å². The molecule has 0 atom stereocenters. The van der Waals surface area contributed by atoms with Gasteiger partial charge in [0, 0.05) is 37.1 Å². The van der Waals surface area contributed by atoms with Gasteiger partial charge in [-0.2, -0.15) is 0 Å². The van der Waals surface area contributed by atoms with E-state index < -0.39 is 0 Å². The lowest BCUT2D eigenvalue weighted by Crippen LogP contribution is -1.91. The molecule has 0 unspecified atom stereocenters. The molecule has 0 aliphatic heterocycles. The molecule has 2 heteroatoms. The molecule has 0 aliphatic carbocycles. The van der Waals surface area contributed by atoms with Crippen LogP contribution in [-0.2, 0) is 0 Å². The highest BCUT2D eigenvalue weighted by atomic mass is 32.1. The van der Waals surface area contributed by atoms with Crippen molar-refractivity contribution in [3.05, 3.63) is 133 Å². The molecule has 0 saturated carbocycles. The second-order valence-electron chi connectivity index (χ2n) is 9.10. The zero-order valence-electron chi connectivity index (χ0n) is 19.6. The second-order valence-corrected chi connectivity index (χ2v) is 10.2. The molecule has 7 rings (SSSR count). The van der Waals surface area contributed by atoms with Gasteiger partial charge in [0.25, 0.3) is 0 Å². The summed E-state index contributed by atoms with van der Waals surface area (Å²) in [5.41, 5.74) is 7.14. The van der Waals surface area contributed by atoms with Crippen molar-refractivity contribution >= 4 is 53.7 Å². The summed E-state index contributed by atoms with van der Waals surface area (Å²) in [6.07, 6.45) is 0. The van der Waals surface area contributed by atoms with Crippen molar-refractivity contribution in [3.8, 4) is 22.3 Å². The summed E-state index contributed by atoms with van der Waals surface area (Å²) < 4.78 is 2.64. The van der Waals surface area contributed by atoms with Gasteiger partial charge in [0.15, 0.2) is 0 Å². The van der Waals surface area contributed by atoms with Crippen LogP contribution in [-0.4, -0.2) is 0 Å². The SMILES string of the molecule is c1ccc(Nc2cc(-c3cccc(-c4ccccc4)c3)c3sc4ccc5ccccc5c4c3c2)cc1. The van der Waals surface area contributed by atoms with Crippen molar-refractivity contribution in [2.75, 3.05) is 5.32 Å². The van der Waals surface area contributed by atoms with Crippen LogP contribution in [0, 0.1) is 0 Å². The molecule has 170 valence electrons. The van der Waals surface area contributed by atoms with Crippen LogP contribution in [0.4, 0.5) is 11.4 Å². The molecule has 0 spiro atoms. The van der Waals surface area contributed by atoms with E-state index in [9.17, 15) is 0 Å². The van der Waals surface area contributed by atoms with Crippen molar-refractivity contribution in [1.29, 1.82) is 0 Å². The number of nitrogens with one attached hydrogen (secondary N) is 1. The smallest absolute Gasteiger partial charge is 0.0435 e. The minimum Gasteiger partial charge on any atom is -0.355 e. The molecule has 1 nitrogen and oxygen atoms in total. The molecule has 6 aromatic carbocycles. The predicted molar refractivity (Wildman–Crippen MR) is 157 cm³/mol. The van der Waals surface area contributed by atoms with Gasteiger partial charge < -0.3 is 5.32 Å². The summed E-state index contributed by atoms with van der Waals surface area (Å²) in [6, 6.07) is 47.8. The van der Waals surface area contributed by atoms with E-state index in [1.807, 2.05) is 17.4 Å². The molecule has 1 heterocycles. The molecule has 1 aromatic heterocycles. The van der Waals surface area contributed by atoms with E-state index in [1.54, 1.807) is 0 Å². The third kappa shape index (κ3) is 3.64. The summed E-state index contributed by atoms with van der Waals surface area (Å²) in [4.78, 5) is 0. The van der Waals surface area contributed by atoms with Crippen molar-refractivity contribution in [2.45, 2.75) is 0 Å². The third-order valence-corrected chi connectivity index (χ3v) is 8.01. The topological polar surface area (TPSA) is 12.0 Å². The summed E-state index contributed by atoms with van der Waals surface area (Å²) in [5, 5.41) is 8.88. The largest absolute Gasteiger partial charge is 0.355 e. The van der Waals surface area contributed by atoms with Gasteiger partial charge in [-0.25, -0.2) is 0 Å². The predicted octanol–water partition coefficient (Wildman–Crippen LogP) is 10.3. The Morgan fingerprint density at radius 1 is 0.472 bits per heavy atom. The van der Waals surface area contributed by atoms with Crippen LogP contribution < -0.4 is 5.32 Å². The van der Waals surface area contributed by atoms with E-state index in [4.69, 9.17) is 0 Å². The van der Waals surface area contributed by atoms with Gasteiger partial charge in [-0.15, -0.1) is 11.3 Å². The van der Waals surface area contributed by atoms with Gasteiger partial charge >= 0.3 is 0 Å². The Kier molecular flexibility index (Phi) is 5.04. The highest BCUT2D eigenvalue weighted by molar-refractivity contribution is 7.26. The lowest BCUT2D eigenvalue weighted by atomic mass is 9.96. The van der Waals surface area contributed by atoms with Gasteiger partial charge in [-0.3, -0.25) is 0 Å². The van der Waals surface area contributed by atoms with Crippen LogP contribution in [0.1, 0.15) is 0 Å². The zero-order chi connectivity index (χ0) is 23.9. The van der Waals surface area contributed by atoms with Gasteiger partial charge in [-0.05, 0) is 63.9 Å². The standard InChI is InChI=1S/C34H23NS/c1-3-10-23(11-4-1)25-13-9-14-26(20-25)30-21-28(35-27-15-5-2-6-16-27)22-31-33-29-17-8-7-12-24(29)18-19-32(33)36-34(30)31/h1-22,35H. The Hall–Kier alpha value is -4.40. The van der Waals surface area contributed by atoms with Crippen molar-refractivity contribution in [3.63, 3.8) is 0 Å². The van der Waals surface area contributed by atoms with E-state index >= 15 is 0 Å². The molecule has 0 saturated heterocycles. The van der Waals surface area contributed by atoms with E-state index in [0.29, 0.717) is 0 Å². The maximum Gasteiger partial charge on any atom is 0.0435 e. The number of rotatable bonds is 4. The van der Waals surface area contributed by atoms with Crippen LogP contribution in [0.5, 0.6) is 0 Å². The number of hydrogen-bond acceptors (Lipinski definition) is 2. The zero-order valence-corrected chi connectivity index (χ0v) is 20.4. The summed E-state index contributed by atoms with van der Waals surface area (Å²) in [7, 11) is 0. The van der Waals surface area contributed by atoms with Crippen molar-refractivity contribution in [1.82, 2.24) is 0 Å². The molecule has 0 fully saturated rings. The average molecular weight is 478 g/mol. The molecule has 0 radical (unpaired) electrons. The molecule has 36 heavy (non-hydrogen) atoms. The monoisotopic (exact) mass is 477 g/mol. The summed E-state index contributed by atoms with van der Waals surface area (Å²) in [6.45, 7) is 0. The lowest BCUT2D eigenvalue weighted by molar-refractivity contribution is 1.56. The first-order chi connectivity index (χ1) is 17.8. The maximum atomic E-state index is 3.66. The Labute approximate surface area is 214 Å². The van der Waals surface area contributed by atoms with E-state index in [1.165, 1.54) is 53.2 Å². The van der Waals surface area contributed by atoms with Gasteiger partial charge in [0.05, 0.1) is 0 Å². The number of benzene rings is 6. The molecule has 0 amide bonds. The first-order valence-corrected chi connectivity index (χ1v) is 13.0. The minimum atomic E-state index is 1.09. The van der Waals surface area contributed by atoms with Crippen molar-refractivity contribution in [2.24, 2.45) is 0 Å². The van der Waals surface area contributed by atoms with E-state index in [-0.39, 0.29) is 0 Å². The summed E-state index contributed by atoms with van der Waals surface area (Å²) >= 11 is 1.89. The fourth-order valence-corrected chi connectivity index (χ4v) is 6.36. The van der Waals surface area contributed by atoms with Crippen LogP contribution in [0.2, 0.25) is 0 Å². The van der Waals surface area contributed by atoms with Crippen LogP contribution in [0.15, 0.2) is 133 Å². The highest BCUT2D eigenvalue weighted by Crippen LogP contribution is 2.45. The number of anilines is 2. The lowest BCUT2D eigenvalue weighted by Gasteiger charge is -2.12. The normalized spacial score (nSPS) is 11.3. The highest BCUT2D eigenvalue weighted by Gasteiger charge is 2.15. The number of para-hydroxylation sites is 1. The molecule has 0 bridgehead atoms. The third-order valence-electron chi connectivity index (χ3n) is 6.80. The number of hydrogen-bond donors (Lipinski definition) is 1. The van der Waals surface area contributed by atoms with Gasteiger partial charge in [0.1, 0.15) is 0 Å². The fourth-order valence-electron chi connectivity index (χ4n) is 5.12. The fraction of sp³-hybridized carbons (Fsp3) is 0. The molecular weight excluding hydrogens is 454 g/mol. The first-order valence-electron chi connectivity index (χ1n) is 12.2. The van der Waals surface area contributed by atoms with E-state index in [2.05, 4.69) is 133 Å². The van der Waals surface area contributed by atoms with Gasteiger partial charge in [-0.1, -0.05) is 97.1 Å². The summed E-state index contributed by atoms with van der Waals surface area (Å²) in [5.74, 6) is 0. The van der Waals surface area contributed by atoms with Gasteiger partial charge in [0.2, 0.25) is 0 Å². The minimum absolute atomic E-state index is 1.09. The van der Waals surface area contributed by atoms with Crippen LogP contribution in [0.25, 0.3) is 53.2 Å². The number of thiophene rings is 1. The van der Waals surface area contributed by atoms with Crippen molar-refractivity contribution < 1.29 is 0 Å². The maximum absolute atomic E-state index is 3.66. The first kappa shape index (κ1) is 20.9. The quantitative estimate of drug-likeness (QED) is 0.266. The molecular formula is C34H23NS. The number of fused-ring (bicyclic) bond motifs is 5. The second kappa shape index (κ2) is 8.67. The molecule has 0 aliphatic rings. The molecule has 7 aromatic rings. The Morgan fingerprint density at radius 3 is 2.06 bits per heavy atom. The molecule has 1 N–H and O–H groups in total. The van der Waals surface area contributed by atoms with Crippen LogP contribution >= 0.6 is 11.3 Å². The Balaban J connectivity index is 1.51. The average Bonchev–Trinajstić information content (AvgIpc) is 3.33. The Morgan fingerprint density at radius 2 is 1.19 bits per heavy atom. The van der Waals surface area contributed by atoms with E-state index in [0.717, 1.165) is 11.4 Å². The Bertz CT molecular complexity index is 1850.